The predicted octanol–water partition coefficient (Wildman–Crippen LogP) is 0.316. The van der Waals surface area contributed by atoms with Crippen LogP contribution in [-0.4, -0.2) is 16.7 Å². The summed E-state index contributed by atoms with van der Waals surface area (Å²) in [6, 6.07) is 1.74. The molecule has 3 nitrogen and oxygen atoms in total. The topological polar surface area (TPSA) is 59.1 Å². The average molecular weight is 162 g/mol. The lowest BCUT2D eigenvalue weighted by atomic mass is 10.2. The number of nitrogens with two attached hydrogens (primary N) is 1. The molecule has 0 aromatic carbocycles. The molecule has 0 saturated carbocycles. The van der Waals surface area contributed by atoms with Crippen LogP contribution in [0.1, 0.15) is 11.3 Å². The number of aromatic nitrogens is 1. The maximum atomic E-state index is 8.43. The molecule has 3 N–H and O–H groups in total. The van der Waals surface area contributed by atoms with Gasteiger partial charge in [-0.25, -0.2) is 0 Å². The Bertz CT molecular complexity index is 336. The number of aliphatic hydroxyl groups excluding tert-OH is 1. The number of nitrogen functional groups attached to an aromatic ring is 1. The second-order valence-electron chi connectivity index (χ2n) is 2.36. The molecule has 0 aliphatic carbocycles. The summed E-state index contributed by atoms with van der Waals surface area (Å²) in [6.07, 6.45) is 1.63. The smallest absolute Gasteiger partial charge is 0.104 e. The largest absolute Gasteiger partial charge is 0.397 e. The van der Waals surface area contributed by atoms with Crippen LogP contribution >= 0.6 is 0 Å². The molecular weight excluding hydrogens is 152 g/mol. The Kier molecular flexibility index (Phi) is 2.67. The van der Waals surface area contributed by atoms with Crippen molar-refractivity contribution in [2.45, 2.75) is 6.92 Å². The molecule has 0 atom stereocenters. The van der Waals surface area contributed by atoms with E-state index in [0.717, 1.165) is 11.3 Å². The van der Waals surface area contributed by atoms with E-state index < -0.39 is 0 Å². The van der Waals surface area contributed by atoms with Crippen LogP contribution in [0, 0.1) is 18.8 Å². The van der Waals surface area contributed by atoms with Gasteiger partial charge in [0.1, 0.15) is 6.61 Å². The van der Waals surface area contributed by atoms with E-state index in [1.807, 2.05) is 6.92 Å². The summed E-state index contributed by atoms with van der Waals surface area (Å²) >= 11 is 0. The Labute approximate surface area is 71.2 Å². The van der Waals surface area contributed by atoms with Gasteiger partial charge < -0.3 is 10.8 Å². The van der Waals surface area contributed by atoms with Crippen molar-refractivity contribution in [3.8, 4) is 11.8 Å². The molecule has 0 bridgehead atoms. The van der Waals surface area contributed by atoms with E-state index in [-0.39, 0.29) is 6.61 Å². The summed E-state index contributed by atoms with van der Waals surface area (Å²) in [5, 5.41) is 8.43. The second kappa shape index (κ2) is 3.74. The van der Waals surface area contributed by atoms with E-state index in [4.69, 9.17) is 10.8 Å². The minimum absolute atomic E-state index is 0.145. The number of hydrogen-bond donors (Lipinski definition) is 2. The van der Waals surface area contributed by atoms with Crippen LogP contribution in [0.25, 0.3) is 0 Å². The lowest BCUT2D eigenvalue weighted by Crippen LogP contribution is -1.93. The molecule has 1 rings (SSSR count). The molecule has 1 aromatic heterocycles. The zero-order chi connectivity index (χ0) is 8.97. The summed E-state index contributed by atoms with van der Waals surface area (Å²) in [4.78, 5) is 4.02. The Morgan fingerprint density at radius 1 is 1.67 bits per heavy atom. The van der Waals surface area contributed by atoms with E-state index in [0.29, 0.717) is 5.69 Å². The van der Waals surface area contributed by atoms with E-state index in [2.05, 4.69) is 16.8 Å². The van der Waals surface area contributed by atoms with Crippen LogP contribution in [0.4, 0.5) is 5.69 Å². The van der Waals surface area contributed by atoms with Gasteiger partial charge >= 0.3 is 0 Å². The molecule has 12 heavy (non-hydrogen) atoms. The number of aliphatic hydroxyl groups is 1. The molecule has 0 saturated heterocycles. The molecule has 0 radical (unpaired) electrons. The van der Waals surface area contributed by atoms with Gasteiger partial charge in [-0.3, -0.25) is 4.98 Å². The van der Waals surface area contributed by atoms with Crippen molar-refractivity contribution in [3.63, 3.8) is 0 Å². The molecule has 1 aromatic rings. The van der Waals surface area contributed by atoms with Crippen molar-refractivity contribution >= 4 is 5.69 Å². The normalized spacial score (nSPS) is 8.83. The maximum absolute atomic E-state index is 8.43. The van der Waals surface area contributed by atoms with Gasteiger partial charge in [0.05, 0.1) is 11.4 Å². The highest BCUT2D eigenvalue weighted by atomic mass is 16.2. The monoisotopic (exact) mass is 162 g/mol. The molecule has 1 heterocycles. The van der Waals surface area contributed by atoms with Gasteiger partial charge in [-0.15, -0.1) is 0 Å². The van der Waals surface area contributed by atoms with Crippen LogP contribution in [0.5, 0.6) is 0 Å². The number of nitrogens with zero attached hydrogens (tertiary/aromatic N) is 1. The molecule has 0 spiro atoms. The molecule has 3 heteroatoms. The lowest BCUT2D eigenvalue weighted by molar-refractivity contribution is 0.350. The van der Waals surface area contributed by atoms with E-state index in [9.17, 15) is 0 Å². The number of aryl methyl sites for hydroxylation is 1. The lowest BCUT2D eigenvalue weighted by Gasteiger charge is -1.97. The van der Waals surface area contributed by atoms with Crippen molar-refractivity contribution < 1.29 is 5.11 Å². The first-order chi connectivity index (χ1) is 5.74. The quantitative estimate of drug-likeness (QED) is 0.540. The number of anilines is 1. The van der Waals surface area contributed by atoms with Crippen LogP contribution in [0.15, 0.2) is 12.3 Å². The van der Waals surface area contributed by atoms with Gasteiger partial charge in [0.2, 0.25) is 0 Å². The summed E-state index contributed by atoms with van der Waals surface area (Å²) in [7, 11) is 0. The Balaban J connectivity index is 2.97. The van der Waals surface area contributed by atoms with Gasteiger partial charge in [0.25, 0.3) is 0 Å². The molecule has 0 fully saturated rings. The van der Waals surface area contributed by atoms with Crippen LogP contribution in [0.2, 0.25) is 0 Å². The fraction of sp³-hybridized carbons (Fsp3) is 0.222. The summed E-state index contributed by atoms with van der Waals surface area (Å²) in [5.74, 6) is 5.24. The minimum atomic E-state index is -0.145. The fourth-order valence-electron chi connectivity index (χ4n) is 0.760. The van der Waals surface area contributed by atoms with Gasteiger partial charge in [-0.05, 0) is 13.0 Å². The third-order valence-electron chi connectivity index (χ3n) is 1.44. The highest BCUT2D eigenvalue weighted by molar-refractivity contribution is 5.48. The molecule has 62 valence electrons. The van der Waals surface area contributed by atoms with Crippen molar-refractivity contribution in [2.75, 3.05) is 12.3 Å². The first-order valence-corrected chi connectivity index (χ1v) is 3.56. The van der Waals surface area contributed by atoms with Gasteiger partial charge in [0, 0.05) is 11.8 Å². The SMILES string of the molecule is Cc1ncc(C#CCO)cc1N. The van der Waals surface area contributed by atoms with Gasteiger partial charge in [-0.2, -0.15) is 0 Å². The first kappa shape index (κ1) is 8.57. The Morgan fingerprint density at radius 2 is 2.42 bits per heavy atom. The standard InChI is InChI=1S/C9H10N2O/c1-7-9(10)5-8(6-11-7)3-2-4-12/h5-6,12H,4,10H2,1H3. The zero-order valence-corrected chi connectivity index (χ0v) is 6.83. The predicted molar refractivity (Wildman–Crippen MR) is 47.4 cm³/mol. The third-order valence-corrected chi connectivity index (χ3v) is 1.44. The van der Waals surface area contributed by atoms with E-state index in [1.54, 1.807) is 12.3 Å². The van der Waals surface area contributed by atoms with Crippen LogP contribution < -0.4 is 5.73 Å². The van der Waals surface area contributed by atoms with Crippen LogP contribution in [0.3, 0.4) is 0 Å². The zero-order valence-electron chi connectivity index (χ0n) is 6.83. The number of rotatable bonds is 0. The summed E-state index contributed by atoms with van der Waals surface area (Å²) < 4.78 is 0. The molecular formula is C9H10N2O. The Morgan fingerprint density at radius 3 is 3.00 bits per heavy atom. The van der Waals surface area contributed by atoms with E-state index >= 15 is 0 Å². The second-order valence-corrected chi connectivity index (χ2v) is 2.36. The average Bonchev–Trinajstić information content (AvgIpc) is 2.07. The maximum Gasteiger partial charge on any atom is 0.104 e. The molecule has 0 unspecified atom stereocenters. The van der Waals surface area contributed by atoms with Crippen molar-refractivity contribution in [1.29, 1.82) is 0 Å². The highest BCUT2D eigenvalue weighted by Gasteiger charge is 1.93. The van der Waals surface area contributed by atoms with Crippen molar-refractivity contribution in [1.82, 2.24) is 4.98 Å². The highest BCUT2D eigenvalue weighted by Crippen LogP contribution is 2.07. The van der Waals surface area contributed by atoms with Gasteiger partial charge in [-0.1, -0.05) is 11.8 Å². The van der Waals surface area contributed by atoms with Crippen molar-refractivity contribution in [2.24, 2.45) is 0 Å². The fourth-order valence-corrected chi connectivity index (χ4v) is 0.760. The Hall–Kier alpha value is -1.53. The van der Waals surface area contributed by atoms with Gasteiger partial charge in [0.15, 0.2) is 0 Å². The van der Waals surface area contributed by atoms with E-state index in [1.165, 1.54) is 0 Å². The number of pyridine rings is 1. The third kappa shape index (κ3) is 1.97. The molecule has 0 aliphatic rings. The van der Waals surface area contributed by atoms with Crippen LogP contribution in [-0.2, 0) is 0 Å². The molecule has 0 aliphatic heterocycles. The summed E-state index contributed by atoms with van der Waals surface area (Å²) in [6.45, 7) is 1.69. The minimum Gasteiger partial charge on any atom is -0.397 e. The first-order valence-electron chi connectivity index (χ1n) is 3.56. The van der Waals surface area contributed by atoms with Crippen molar-refractivity contribution in [3.05, 3.63) is 23.5 Å². The summed E-state index contributed by atoms with van der Waals surface area (Å²) in [5.41, 5.74) is 7.75. The molecule has 0 amide bonds. The number of hydrogen-bond acceptors (Lipinski definition) is 3.